The molecule has 2 N–H and O–H groups in total. The van der Waals surface area contributed by atoms with E-state index in [2.05, 4.69) is 10.2 Å². The van der Waals surface area contributed by atoms with Crippen molar-refractivity contribution in [3.63, 3.8) is 0 Å². The van der Waals surface area contributed by atoms with Gasteiger partial charge >= 0.3 is 5.97 Å². The van der Waals surface area contributed by atoms with Crippen LogP contribution in [-0.4, -0.2) is 44.7 Å². The van der Waals surface area contributed by atoms with E-state index in [4.69, 9.17) is 5.11 Å². The zero-order chi connectivity index (χ0) is 13.1. The van der Waals surface area contributed by atoms with Gasteiger partial charge in [-0.3, -0.25) is 14.7 Å². The number of aromatic amines is 1. The average Bonchev–Trinajstić information content (AvgIpc) is 2.95. The second-order valence-electron chi connectivity index (χ2n) is 4.52. The minimum atomic E-state index is -0.865. The van der Waals surface area contributed by atoms with Crippen molar-refractivity contribution in [2.24, 2.45) is 0 Å². The number of amides is 1. The molecule has 2 heterocycles. The number of nitrogens with one attached hydrogen (secondary N) is 1. The summed E-state index contributed by atoms with van der Waals surface area (Å²) in [6, 6.07) is 1.54. The number of carbonyl (C=O) groups is 2. The van der Waals surface area contributed by atoms with Gasteiger partial charge in [0.05, 0.1) is 6.42 Å². The Hall–Kier alpha value is -1.85. The molecule has 1 fully saturated rings. The predicted molar refractivity (Wildman–Crippen MR) is 64.3 cm³/mol. The molecule has 6 heteroatoms. The van der Waals surface area contributed by atoms with Gasteiger partial charge in [-0.25, -0.2) is 0 Å². The monoisotopic (exact) mass is 251 g/mol. The van der Waals surface area contributed by atoms with Crippen LogP contribution in [0.3, 0.4) is 0 Å². The number of H-pyrrole nitrogens is 1. The van der Waals surface area contributed by atoms with Gasteiger partial charge in [-0.05, 0) is 25.3 Å². The van der Waals surface area contributed by atoms with Gasteiger partial charge in [-0.1, -0.05) is 6.92 Å². The first-order valence-electron chi connectivity index (χ1n) is 6.19. The summed E-state index contributed by atoms with van der Waals surface area (Å²) in [5.41, 5.74) is 1.29. The number of carboxylic acids is 1. The highest BCUT2D eigenvalue weighted by molar-refractivity contribution is 5.93. The first-order chi connectivity index (χ1) is 8.61. The number of rotatable bonds is 4. The molecule has 1 unspecified atom stereocenters. The molecule has 0 aromatic carbocycles. The molecule has 1 atom stereocenters. The normalized spacial score (nSPS) is 19.2. The molecule has 1 aliphatic heterocycles. The van der Waals surface area contributed by atoms with E-state index in [1.807, 2.05) is 6.92 Å². The molecule has 0 aliphatic carbocycles. The average molecular weight is 251 g/mol. The van der Waals surface area contributed by atoms with Gasteiger partial charge < -0.3 is 10.0 Å². The number of hydrogen-bond acceptors (Lipinski definition) is 3. The van der Waals surface area contributed by atoms with Crippen LogP contribution in [-0.2, 0) is 11.2 Å². The van der Waals surface area contributed by atoms with Crippen LogP contribution in [0.15, 0.2) is 6.07 Å². The van der Waals surface area contributed by atoms with Crippen molar-refractivity contribution < 1.29 is 14.7 Å². The Morgan fingerprint density at radius 2 is 2.39 bits per heavy atom. The van der Waals surface area contributed by atoms with E-state index in [-0.39, 0.29) is 18.4 Å². The Bertz CT molecular complexity index is 455. The van der Waals surface area contributed by atoms with Crippen LogP contribution >= 0.6 is 0 Å². The summed E-state index contributed by atoms with van der Waals surface area (Å²) in [4.78, 5) is 24.6. The minimum Gasteiger partial charge on any atom is -0.481 e. The maximum absolute atomic E-state index is 12.2. The lowest BCUT2D eigenvalue weighted by molar-refractivity contribution is -0.137. The molecule has 0 spiro atoms. The smallest absolute Gasteiger partial charge is 0.305 e. The van der Waals surface area contributed by atoms with Crippen LogP contribution < -0.4 is 0 Å². The summed E-state index contributed by atoms with van der Waals surface area (Å²) in [6.07, 6.45) is 2.41. The number of aryl methyl sites for hydroxylation is 1. The van der Waals surface area contributed by atoms with Crippen molar-refractivity contribution >= 4 is 11.9 Å². The summed E-state index contributed by atoms with van der Waals surface area (Å²) in [5.74, 6) is -1.04. The highest BCUT2D eigenvalue weighted by Gasteiger charge is 2.31. The summed E-state index contributed by atoms with van der Waals surface area (Å²) >= 11 is 0. The molecule has 0 bridgehead atoms. The molecule has 6 nitrogen and oxygen atoms in total. The molecular weight excluding hydrogens is 234 g/mol. The second-order valence-corrected chi connectivity index (χ2v) is 4.52. The Kier molecular flexibility index (Phi) is 3.64. The number of likely N-dealkylation sites (tertiary alicyclic amines) is 1. The third kappa shape index (κ3) is 2.52. The molecule has 1 aliphatic rings. The fraction of sp³-hybridized carbons (Fsp3) is 0.583. The Morgan fingerprint density at radius 1 is 1.61 bits per heavy atom. The van der Waals surface area contributed by atoms with Crippen LogP contribution in [0, 0.1) is 0 Å². The summed E-state index contributed by atoms with van der Waals surface area (Å²) in [5, 5.41) is 15.6. The highest BCUT2D eigenvalue weighted by atomic mass is 16.4. The van der Waals surface area contributed by atoms with E-state index in [1.165, 1.54) is 0 Å². The lowest BCUT2D eigenvalue weighted by atomic mass is 10.1. The Balaban J connectivity index is 2.09. The lowest BCUT2D eigenvalue weighted by Gasteiger charge is -2.22. The van der Waals surface area contributed by atoms with E-state index in [1.54, 1.807) is 11.0 Å². The van der Waals surface area contributed by atoms with E-state index >= 15 is 0 Å². The maximum atomic E-state index is 12.2. The van der Waals surface area contributed by atoms with Crippen molar-refractivity contribution in [1.29, 1.82) is 0 Å². The van der Waals surface area contributed by atoms with E-state index in [0.717, 1.165) is 25.0 Å². The zero-order valence-corrected chi connectivity index (χ0v) is 10.3. The molecule has 98 valence electrons. The highest BCUT2D eigenvalue weighted by Crippen LogP contribution is 2.22. The van der Waals surface area contributed by atoms with Gasteiger partial charge in [-0.2, -0.15) is 5.10 Å². The van der Waals surface area contributed by atoms with Crippen molar-refractivity contribution in [3.8, 4) is 0 Å². The molecule has 1 amide bonds. The SMILES string of the molecule is CCc1cc(C(=O)N2CCCC2CC(=O)O)n[nH]1. The van der Waals surface area contributed by atoms with Crippen molar-refractivity contribution in [1.82, 2.24) is 15.1 Å². The third-order valence-electron chi connectivity index (χ3n) is 3.28. The number of carbonyl (C=O) groups excluding carboxylic acids is 1. The van der Waals surface area contributed by atoms with Gasteiger partial charge in [0, 0.05) is 18.3 Å². The maximum Gasteiger partial charge on any atom is 0.305 e. The van der Waals surface area contributed by atoms with Crippen molar-refractivity contribution in [2.75, 3.05) is 6.54 Å². The predicted octanol–water partition coefficient (Wildman–Crippen LogP) is 1.05. The minimum absolute atomic E-state index is 0.0107. The van der Waals surface area contributed by atoms with E-state index in [0.29, 0.717) is 12.2 Å². The molecule has 18 heavy (non-hydrogen) atoms. The summed E-state index contributed by atoms with van der Waals surface area (Å²) in [6.45, 7) is 2.59. The number of aliphatic carboxylic acids is 1. The quantitative estimate of drug-likeness (QED) is 0.837. The van der Waals surface area contributed by atoms with Crippen LogP contribution in [0.4, 0.5) is 0 Å². The van der Waals surface area contributed by atoms with Crippen LogP contribution in [0.1, 0.15) is 42.4 Å². The molecule has 2 rings (SSSR count). The number of aromatic nitrogens is 2. The van der Waals surface area contributed by atoms with E-state index in [9.17, 15) is 9.59 Å². The first-order valence-corrected chi connectivity index (χ1v) is 6.19. The third-order valence-corrected chi connectivity index (χ3v) is 3.28. The van der Waals surface area contributed by atoms with Crippen molar-refractivity contribution in [3.05, 3.63) is 17.5 Å². The fourth-order valence-electron chi connectivity index (χ4n) is 2.32. The van der Waals surface area contributed by atoms with E-state index < -0.39 is 5.97 Å². The number of hydrogen-bond donors (Lipinski definition) is 2. The standard InChI is InChI=1S/C12H17N3O3/c1-2-8-6-10(14-13-8)12(18)15-5-3-4-9(15)7-11(16)17/h6,9H,2-5,7H2,1H3,(H,13,14)(H,16,17). The lowest BCUT2D eigenvalue weighted by Crippen LogP contribution is -2.37. The van der Waals surface area contributed by atoms with Gasteiger partial charge in [0.25, 0.3) is 5.91 Å². The topological polar surface area (TPSA) is 86.3 Å². The molecule has 1 aromatic rings. The molecule has 0 saturated carbocycles. The molecule has 0 radical (unpaired) electrons. The number of carboxylic acid groups (broad SMARTS) is 1. The van der Waals surface area contributed by atoms with Gasteiger partial charge in [-0.15, -0.1) is 0 Å². The largest absolute Gasteiger partial charge is 0.481 e. The van der Waals surface area contributed by atoms with Crippen LogP contribution in [0.2, 0.25) is 0 Å². The number of nitrogens with zero attached hydrogens (tertiary/aromatic N) is 2. The van der Waals surface area contributed by atoms with Crippen LogP contribution in [0.25, 0.3) is 0 Å². The fourth-order valence-corrected chi connectivity index (χ4v) is 2.32. The molecular formula is C12H17N3O3. The zero-order valence-electron chi connectivity index (χ0n) is 10.3. The molecule has 1 saturated heterocycles. The molecule has 1 aromatic heterocycles. The van der Waals surface area contributed by atoms with Crippen molar-refractivity contribution in [2.45, 2.75) is 38.6 Å². The Morgan fingerprint density at radius 3 is 3.00 bits per heavy atom. The summed E-state index contributed by atoms with van der Waals surface area (Å²) < 4.78 is 0. The Labute approximate surface area is 105 Å². The van der Waals surface area contributed by atoms with Gasteiger partial charge in [0.2, 0.25) is 0 Å². The van der Waals surface area contributed by atoms with Gasteiger partial charge in [0.15, 0.2) is 0 Å². The first kappa shape index (κ1) is 12.6. The summed E-state index contributed by atoms with van der Waals surface area (Å²) in [7, 11) is 0. The van der Waals surface area contributed by atoms with Gasteiger partial charge in [0.1, 0.15) is 5.69 Å². The second kappa shape index (κ2) is 5.20. The van der Waals surface area contributed by atoms with Crippen LogP contribution in [0.5, 0.6) is 0 Å².